The van der Waals surface area contributed by atoms with Gasteiger partial charge in [-0.1, -0.05) is 54.6 Å². The van der Waals surface area contributed by atoms with Gasteiger partial charge in [0.25, 0.3) is 0 Å². The lowest BCUT2D eigenvalue weighted by Crippen LogP contribution is -1.94. The maximum absolute atomic E-state index is 3.54. The maximum Gasteiger partial charge on any atom is 0.0740 e. The highest BCUT2D eigenvalue weighted by Crippen LogP contribution is 2.34. The zero-order valence-corrected chi connectivity index (χ0v) is 15.6. The molecule has 0 saturated heterocycles. The highest BCUT2D eigenvalue weighted by molar-refractivity contribution is 5.97. The number of nitrogens with one attached hydrogen (secondary N) is 1. The number of H-pyrrole nitrogens is 1. The van der Waals surface area contributed by atoms with E-state index in [1.165, 1.54) is 49.8 Å². The molecular weight excluding hydrogens is 342 g/mol. The van der Waals surface area contributed by atoms with Gasteiger partial charge in [0.05, 0.1) is 22.4 Å². The Bertz CT molecular complexity index is 1480. The number of aromatic amines is 1. The molecule has 0 spiro atoms. The highest BCUT2D eigenvalue weighted by atomic mass is 15.1. The van der Waals surface area contributed by atoms with E-state index in [2.05, 4.69) is 112 Å². The van der Waals surface area contributed by atoms with Crippen LogP contribution in [0, 0.1) is 6.92 Å². The summed E-state index contributed by atoms with van der Waals surface area (Å²) in [6, 6.07) is 27.8. The topological polar surface area (TPSA) is 25.6 Å². The molecular formula is C25H19N3. The predicted molar refractivity (Wildman–Crippen MR) is 117 cm³/mol. The zero-order valence-electron chi connectivity index (χ0n) is 15.6. The molecule has 0 amide bonds. The molecule has 3 nitrogen and oxygen atoms in total. The largest absolute Gasteiger partial charge is 0.357 e. The second-order valence-corrected chi connectivity index (χ2v) is 7.29. The first-order valence-electron chi connectivity index (χ1n) is 9.55. The van der Waals surface area contributed by atoms with Crippen molar-refractivity contribution in [1.29, 1.82) is 0 Å². The molecule has 0 unspecified atom stereocenters. The monoisotopic (exact) mass is 361 g/mol. The highest BCUT2D eigenvalue weighted by Gasteiger charge is 2.16. The molecule has 1 N–H and O–H groups in total. The summed E-state index contributed by atoms with van der Waals surface area (Å²) >= 11 is 0. The first-order valence-corrected chi connectivity index (χ1v) is 9.55. The third-order valence-corrected chi connectivity index (χ3v) is 5.65. The Hall–Kier alpha value is -3.72. The first kappa shape index (κ1) is 15.3. The van der Waals surface area contributed by atoms with E-state index in [0.717, 1.165) is 0 Å². The lowest BCUT2D eigenvalue weighted by Gasteiger charge is -2.05. The predicted octanol–water partition coefficient (Wildman–Crippen LogP) is 6.36. The minimum absolute atomic E-state index is 1.17. The molecule has 3 aromatic carbocycles. The zero-order chi connectivity index (χ0) is 18.7. The third-order valence-electron chi connectivity index (χ3n) is 5.65. The van der Waals surface area contributed by atoms with E-state index in [-0.39, 0.29) is 0 Å². The average Bonchev–Trinajstić information content (AvgIpc) is 3.40. The van der Waals surface area contributed by atoms with Gasteiger partial charge in [0.2, 0.25) is 0 Å². The fourth-order valence-corrected chi connectivity index (χ4v) is 4.40. The van der Waals surface area contributed by atoms with E-state index < -0.39 is 0 Å². The number of nitrogens with zero attached hydrogens (tertiary/aromatic N) is 2. The van der Waals surface area contributed by atoms with E-state index in [9.17, 15) is 0 Å². The molecule has 0 radical (unpaired) electrons. The lowest BCUT2D eigenvalue weighted by atomic mass is 10.2. The normalized spacial score (nSPS) is 11.8. The van der Waals surface area contributed by atoms with Crippen LogP contribution in [0.15, 0.2) is 91.3 Å². The molecule has 28 heavy (non-hydrogen) atoms. The molecule has 3 heterocycles. The molecule has 0 aliphatic rings. The quantitative estimate of drug-likeness (QED) is 0.371. The number of rotatable bonds is 2. The number of aromatic nitrogens is 3. The minimum atomic E-state index is 1.17. The molecule has 134 valence electrons. The van der Waals surface area contributed by atoms with Gasteiger partial charge in [0.1, 0.15) is 0 Å². The number of benzene rings is 3. The van der Waals surface area contributed by atoms with Crippen LogP contribution >= 0.6 is 0 Å². The van der Waals surface area contributed by atoms with Crippen molar-refractivity contribution in [1.82, 2.24) is 14.1 Å². The Morgan fingerprint density at radius 1 is 0.679 bits per heavy atom. The van der Waals surface area contributed by atoms with Crippen molar-refractivity contribution in [3.05, 3.63) is 97.0 Å². The molecule has 3 heteroatoms. The van der Waals surface area contributed by atoms with Crippen molar-refractivity contribution in [2.75, 3.05) is 0 Å². The number of para-hydroxylation sites is 3. The summed E-state index contributed by atoms with van der Waals surface area (Å²) in [5.74, 6) is 0. The second-order valence-electron chi connectivity index (χ2n) is 7.29. The maximum atomic E-state index is 3.54. The van der Waals surface area contributed by atoms with Crippen LogP contribution in [0.25, 0.3) is 44.1 Å². The molecule has 6 rings (SSSR count). The molecule has 0 saturated carbocycles. The second kappa shape index (κ2) is 5.64. The van der Waals surface area contributed by atoms with Gasteiger partial charge in [-0.05, 0) is 36.6 Å². The fraction of sp³-hybridized carbons (Fsp3) is 0.0400. The van der Waals surface area contributed by atoms with Crippen LogP contribution in [0.2, 0.25) is 0 Å². The van der Waals surface area contributed by atoms with Crippen molar-refractivity contribution in [3.8, 4) is 11.4 Å². The molecule has 3 aromatic heterocycles. The summed E-state index contributed by atoms with van der Waals surface area (Å²) in [5, 5.41) is 3.74. The Morgan fingerprint density at radius 2 is 1.39 bits per heavy atom. The van der Waals surface area contributed by atoms with Crippen molar-refractivity contribution in [2.45, 2.75) is 6.92 Å². The van der Waals surface area contributed by atoms with Crippen molar-refractivity contribution >= 4 is 32.7 Å². The standard InChI is InChI=1S/C25H19N3/c1-17-25(19-9-3-5-11-21(19)26-17)28-16-24(20-10-4-7-13-23(20)28)27-15-14-18-8-2-6-12-22(18)27/h2-16,26H,1H3. The fourth-order valence-electron chi connectivity index (χ4n) is 4.40. The van der Waals surface area contributed by atoms with Crippen LogP contribution in [-0.2, 0) is 0 Å². The van der Waals surface area contributed by atoms with Crippen LogP contribution < -0.4 is 0 Å². The number of aryl methyl sites for hydroxylation is 1. The van der Waals surface area contributed by atoms with Crippen LogP contribution in [0.5, 0.6) is 0 Å². The van der Waals surface area contributed by atoms with Gasteiger partial charge in [-0.2, -0.15) is 0 Å². The third kappa shape index (κ3) is 2.04. The molecule has 0 atom stereocenters. The summed E-state index contributed by atoms with van der Waals surface area (Å²) in [7, 11) is 0. The first-order chi connectivity index (χ1) is 13.8. The van der Waals surface area contributed by atoms with Gasteiger partial charge in [-0.15, -0.1) is 0 Å². The molecule has 0 bridgehead atoms. The summed E-state index contributed by atoms with van der Waals surface area (Å²) in [4.78, 5) is 3.54. The van der Waals surface area contributed by atoms with Crippen molar-refractivity contribution in [2.24, 2.45) is 0 Å². The number of hydrogen-bond donors (Lipinski definition) is 1. The Morgan fingerprint density at radius 3 is 2.29 bits per heavy atom. The minimum Gasteiger partial charge on any atom is -0.357 e. The Labute approximate surface area is 162 Å². The summed E-state index contributed by atoms with van der Waals surface area (Å²) in [6.45, 7) is 2.15. The van der Waals surface area contributed by atoms with E-state index in [0.29, 0.717) is 0 Å². The summed E-state index contributed by atoms with van der Waals surface area (Å²) < 4.78 is 4.62. The number of fused-ring (bicyclic) bond motifs is 3. The molecule has 0 aliphatic heterocycles. The molecule has 0 aliphatic carbocycles. The van der Waals surface area contributed by atoms with E-state index in [4.69, 9.17) is 0 Å². The smallest absolute Gasteiger partial charge is 0.0740 e. The van der Waals surface area contributed by atoms with Gasteiger partial charge in [-0.25, -0.2) is 0 Å². The van der Waals surface area contributed by atoms with Gasteiger partial charge >= 0.3 is 0 Å². The Kier molecular flexibility index (Phi) is 3.09. The SMILES string of the molecule is Cc1[nH]c2ccccc2c1-n1cc(-n2ccc3ccccc32)c2ccccc21. The van der Waals surface area contributed by atoms with Gasteiger partial charge in [0.15, 0.2) is 0 Å². The van der Waals surface area contributed by atoms with Gasteiger partial charge in [0, 0.05) is 34.4 Å². The van der Waals surface area contributed by atoms with Crippen LogP contribution in [0.4, 0.5) is 0 Å². The van der Waals surface area contributed by atoms with Crippen molar-refractivity contribution in [3.63, 3.8) is 0 Å². The number of hydrogen-bond acceptors (Lipinski definition) is 0. The van der Waals surface area contributed by atoms with Crippen LogP contribution in [0.1, 0.15) is 5.69 Å². The van der Waals surface area contributed by atoms with Crippen LogP contribution in [-0.4, -0.2) is 14.1 Å². The van der Waals surface area contributed by atoms with E-state index >= 15 is 0 Å². The van der Waals surface area contributed by atoms with E-state index in [1.54, 1.807) is 0 Å². The average molecular weight is 361 g/mol. The lowest BCUT2D eigenvalue weighted by molar-refractivity contribution is 1.07. The molecule has 0 fully saturated rings. The molecule has 6 aromatic rings. The van der Waals surface area contributed by atoms with Crippen molar-refractivity contribution < 1.29 is 0 Å². The van der Waals surface area contributed by atoms with E-state index in [1.807, 2.05) is 0 Å². The van der Waals surface area contributed by atoms with Gasteiger partial charge < -0.3 is 14.1 Å². The van der Waals surface area contributed by atoms with Gasteiger partial charge in [-0.3, -0.25) is 0 Å². The summed E-state index contributed by atoms with van der Waals surface area (Å²) in [5.41, 5.74) is 7.19. The summed E-state index contributed by atoms with van der Waals surface area (Å²) in [6.07, 6.45) is 4.43. The Balaban J connectivity index is 1.71. The van der Waals surface area contributed by atoms with Crippen LogP contribution in [0.3, 0.4) is 0 Å².